The first kappa shape index (κ1) is 16.1. The second kappa shape index (κ2) is 7.17. The van der Waals surface area contributed by atoms with Crippen LogP contribution in [0.1, 0.15) is 25.6 Å². The fourth-order valence-corrected chi connectivity index (χ4v) is 2.65. The molecule has 2 aromatic heterocycles. The highest BCUT2D eigenvalue weighted by Crippen LogP contribution is 2.21. The van der Waals surface area contributed by atoms with E-state index >= 15 is 0 Å². The van der Waals surface area contributed by atoms with Gasteiger partial charge in [0, 0.05) is 17.8 Å². The van der Waals surface area contributed by atoms with Gasteiger partial charge < -0.3 is 14.6 Å². The van der Waals surface area contributed by atoms with Crippen molar-refractivity contribution in [3.05, 3.63) is 66.5 Å². The average molecular weight is 323 g/mol. The lowest BCUT2D eigenvalue weighted by Crippen LogP contribution is -2.35. The highest BCUT2D eigenvalue weighted by atomic mass is 16.5. The van der Waals surface area contributed by atoms with Crippen LogP contribution in [-0.2, 0) is 11.3 Å². The van der Waals surface area contributed by atoms with Crippen molar-refractivity contribution in [1.29, 1.82) is 0 Å². The Labute approximate surface area is 141 Å². The number of alkyl carbamates (subject to hydrolysis) is 1. The number of amides is 1. The van der Waals surface area contributed by atoms with Gasteiger partial charge in [0.1, 0.15) is 18.4 Å². The highest BCUT2D eigenvalue weighted by molar-refractivity contribution is 5.76. The van der Waals surface area contributed by atoms with Crippen LogP contribution in [-0.4, -0.2) is 15.6 Å². The van der Waals surface area contributed by atoms with Crippen LogP contribution in [0.15, 0.2) is 60.9 Å². The van der Waals surface area contributed by atoms with Crippen molar-refractivity contribution >= 4 is 17.1 Å². The topological polar surface area (TPSA) is 56.1 Å². The fourth-order valence-electron chi connectivity index (χ4n) is 2.65. The van der Waals surface area contributed by atoms with Crippen LogP contribution in [0.5, 0.6) is 0 Å². The van der Waals surface area contributed by atoms with Crippen molar-refractivity contribution in [1.82, 2.24) is 14.9 Å². The zero-order chi connectivity index (χ0) is 16.9. The molecule has 0 fully saturated rings. The predicted octanol–water partition coefficient (Wildman–Crippen LogP) is 4.12. The number of hydrogen-bond acceptors (Lipinski definition) is 3. The molecule has 1 unspecified atom stereocenters. The molecule has 5 heteroatoms. The molecule has 1 N–H and O–H groups in total. The molecule has 0 aliphatic carbocycles. The zero-order valence-electron chi connectivity index (χ0n) is 13.8. The third-order valence-electron chi connectivity index (χ3n) is 3.89. The Balaban J connectivity index is 1.71. The number of fused-ring (bicyclic) bond motifs is 1. The number of carbonyl (C=O) groups is 1. The van der Waals surface area contributed by atoms with Crippen molar-refractivity contribution in [3.8, 4) is 0 Å². The summed E-state index contributed by atoms with van der Waals surface area (Å²) in [5.41, 5.74) is 1.81. The second-order valence-electron chi connectivity index (χ2n) is 6.03. The van der Waals surface area contributed by atoms with Crippen molar-refractivity contribution in [3.63, 3.8) is 0 Å². The molecule has 0 saturated carbocycles. The van der Waals surface area contributed by atoms with Gasteiger partial charge in [-0.1, -0.05) is 44.2 Å². The van der Waals surface area contributed by atoms with E-state index in [1.54, 1.807) is 6.20 Å². The molecule has 5 nitrogen and oxygen atoms in total. The molecule has 24 heavy (non-hydrogen) atoms. The van der Waals surface area contributed by atoms with E-state index in [4.69, 9.17) is 4.74 Å². The minimum absolute atomic E-state index is 0.187. The summed E-state index contributed by atoms with van der Waals surface area (Å²) in [6.07, 6.45) is 3.04. The number of benzene rings is 1. The van der Waals surface area contributed by atoms with Gasteiger partial charge in [-0.25, -0.2) is 9.78 Å². The summed E-state index contributed by atoms with van der Waals surface area (Å²) >= 11 is 0. The highest BCUT2D eigenvalue weighted by Gasteiger charge is 2.20. The summed E-state index contributed by atoms with van der Waals surface area (Å²) < 4.78 is 7.31. The van der Waals surface area contributed by atoms with E-state index in [9.17, 15) is 4.79 Å². The van der Waals surface area contributed by atoms with E-state index in [1.807, 2.05) is 59.3 Å². The van der Waals surface area contributed by atoms with Crippen molar-refractivity contribution in [2.75, 3.05) is 0 Å². The predicted molar refractivity (Wildman–Crippen MR) is 93.4 cm³/mol. The molecule has 0 radical (unpaired) electrons. The molecule has 1 amide bonds. The molecule has 0 aliphatic heterocycles. The lowest BCUT2D eigenvalue weighted by Gasteiger charge is -2.24. The van der Waals surface area contributed by atoms with Gasteiger partial charge in [-0.05, 0) is 29.7 Å². The normalized spacial score (nSPS) is 12.3. The van der Waals surface area contributed by atoms with E-state index < -0.39 is 6.09 Å². The van der Waals surface area contributed by atoms with Crippen LogP contribution in [0, 0.1) is 5.92 Å². The molecular formula is C19H21N3O2. The summed E-state index contributed by atoms with van der Waals surface area (Å²) in [7, 11) is 0. The van der Waals surface area contributed by atoms with E-state index in [2.05, 4.69) is 24.1 Å². The van der Waals surface area contributed by atoms with Gasteiger partial charge in [0.25, 0.3) is 0 Å². The molecule has 3 rings (SSSR count). The molecule has 3 aromatic rings. The molecule has 1 aromatic carbocycles. The van der Waals surface area contributed by atoms with Gasteiger partial charge in [-0.15, -0.1) is 0 Å². The number of hydrogen-bond donors (Lipinski definition) is 1. The summed E-state index contributed by atoms with van der Waals surface area (Å²) in [4.78, 5) is 16.6. The van der Waals surface area contributed by atoms with Crippen LogP contribution in [0.3, 0.4) is 0 Å². The van der Waals surface area contributed by atoms with Crippen LogP contribution >= 0.6 is 0 Å². The van der Waals surface area contributed by atoms with Gasteiger partial charge in [-0.2, -0.15) is 0 Å². The Morgan fingerprint density at radius 3 is 2.71 bits per heavy atom. The number of rotatable bonds is 5. The monoisotopic (exact) mass is 323 g/mol. The number of aromatic nitrogens is 2. The minimum atomic E-state index is -0.435. The van der Waals surface area contributed by atoms with E-state index in [1.165, 1.54) is 0 Å². The van der Waals surface area contributed by atoms with Crippen molar-refractivity contribution in [2.45, 2.75) is 26.6 Å². The van der Waals surface area contributed by atoms with Crippen LogP contribution in [0.4, 0.5) is 4.79 Å². The van der Waals surface area contributed by atoms with E-state index in [0.717, 1.165) is 16.6 Å². The lowest BCUT2D eigenvalue weighted by atomic mass is 10.1. The SMILES string of the molecule is CC(C)C(NC(=O)OCc1ccccc1)n1ccc2cccnc21. The molecule has 0 aliphatic rings. The number of carbonyl (C=O) groups excluding carboxylic acids is 1. The number of ether oxygens (including phenoxy) is 1. The Hall–Kier alpha value is -2.82. The first-order valence-corrected chi connectivity index (χ1v) is 8.04. The smallest absolute Gasteiger partial charge is 0.409 e. The third kappa shape index (κ3) is 3.56. The average Bonchev–Trinajstić information content (AvgIpc) is 3.02. The molecule has 2 heterocycles. The first-order valence-electron chi connectivity index (χ1n) is 8.04. The Kier molecular flexibility index (Phi) is 4.79. The summed E-state index contributed by atoms with van der Waals surface area (Å²) in [6, 6.07) is 15.5. The second-order valence-corrected chi connectivity index (χ2v) is 6.03. The largest absolute Gasteiger partial charge is 0.445 e. The van der Waals surface area contributed by atoms with Gasteiger partial charge in [0.05, 0.1) is 0 Å². The van der Waals surface area contributed by atoms with Gasteiger partial charge in [0.2, 0.25) is 0 Å². The Morgan fingerprint density at radius 2 is 1.96 bits per heavy atom. The number of pyridine rings is 1. The summed E-state index contributed by atoms with van der Waals surface area (Å²) in [5, 5.41) is 3.99. The number of nitrogens with zero attached hydrogens (tertiary/aromatic N) is 2. The molecule has 0 spiro atoms. The van der Waals surface area contributed by atoms with E-state index in [0.29, 0.717) is 0 Å². The van der Waals surface area contributed by atoms with Crippen LogP contribution < -0.4 is 5.32 Å². The Morgan fingerprint density at radius 1 is 1.17 bits per heavy atom. The quantitative estimate of drug-likeness (QED) is 0.768. The van der Waals surface area contributed by atoms with Gasteiger partial charge in [-0.3, -0.25) is 0 Å². The van der Waals surface area contributed by atoms with Crippen LogP contribution in [0.2, 0.25) is 0 Å². The maximum absolute atomic E-state index is 12.2. The standard InChI is InChI=1S/C19H21N3O2/c1-14(2)17(22-12-10-16-9-6-11-20-18(16)22)21-19(23)24-13-15-7-4-3-5-8-15/h3-12,14,17H,13H2,1-2H3,(H,21,23). The minimum Gasteiger partial charge on any atom is -0.445 e. The van der Waals surface area contributed by atoms with Gasteiger partial charge >= 0.3 is 6.09 Å². The zero-order valence-corrected chi connectivity index (χ0v) is 13.8. The number of nitrogens with one attached hydrogen (secondary N) is 1. The summed E-state index contributed by atoms with van der Waals surface area (Å²) in [6.45, 7) is 4.36. The summed E-state index contributed by atoms with van der Waals surface area (Å²) in [5.74, 6) is 0.187. The molecule has 0 bridgehead atoms. The van der Waals surface area contributed by atoms with Crippen LogP contribution in [0.25, 0.3) is 11.0 Å². The maximum atomic E-state index is 12.2. The van der Waals surface area contributed by atoms with E-state index in [-0.39, 0.29) is 18.7 Å². The maximum Gasteiger partial charge on any atom is 0.409 e. The molecule has 124 valence electrons. The first-order chi connectivity index (χ1) is 11.6. The fraction of sp³-hybridized carbons (Fsp3) is 0.263. The molecule has 1 atom stereocenters. The Bertz CT molecular complexity index is 812. The molecule has 0 saturated heterocycles. The lowest BCUT2D eigenvalue weighted by molar-refractivity contribution is 0.126. The van der Waals surface area contributed by atoms with Gasteiger partial charge in [0.15, 0.2) is 0 Å². The third-order valence-corrected chi connectivity index (χ3v) is 3.89. The van der Waals surface area contributed by atoms with Crippen molar-refractivity contribution < 1.29 is 9.53 Å². The van der Waals surface area contributed by atoms with Crippen molar-refractivity contribution in [2.24, 2.45) is 5.92 Å². The molecular weight excluding hydrogens is 302 g/mol.